The van der Waals surface area contributed by atoms with Gasteiger partial charge < -0.3 is 10.2 Å². The van der Waals surface area contributed by atoms with Crippen molar-refractivity contribution in [3.8, 4) is 0 Å². The molecule has 6 nitrogen and oxygen atoms in total. The molecule has 2 heterocycles. The number of amides is 1. The summed E-state index contributed by atoms with van der Waals surface area (Å²) in [6.07, 6.45) is 2.87. The minimum atomic E-state index is -3.51. The molecule has 1 aromatic rings. The molecule has 1 atom stereocenters. The van der Waals surface area contributed by atoms with E-state index in [-0.39, 0.29) is 16.8 Å². The molecule has 0 spiro atoms. The summed E-state index contributed by atoms with van der Waals surface area (Å²) in [5.41, 5.74) is 0.446. The topological polar surface area (TPSA) is 69.7 Å². The first-order valence-electron chi connectivity index (χ1n) is 8.62. The summed E-state index contributed by atoms with van der Waals surface area (Å²) in [5.74, 6) is -0.0975. The van der Waals surface area contributed by atoms with Gasteiger partial charge >= 0.3 is 0 Å². The van der Waals surface area contributed by atoms with Crippen molar-refractivity contribution in [1.29, 1.82) is 0 Å². The molecule has 3 rings (SSSR count). The number of carbonyl (C=O) groups excluding carboxylic acids is 1. The number of piperidine rings is 1. The first-order chi connectivity index (χ1) is 11.5. The Morgan fingerprint density at radius 2 is 1.92 bits per heavy atom. The van der Waals surface area contributed by atoms with Crippen LogP contribution in [0.4, 0.5) is 0 Å². The van der Waals surface area contributed by atoms with Gasteiger partial charge in [-0.05, 0) is 38.0 Å². The molecule has 0 radical (unpaired) electrons. The number of benzene rings is 1. The van der Waals surface area contributed by atoms with E-state index in [2.05, 4.69) is 5.32 Å². The lowest BCUT2D eigenvalue weighted by atomic mass is 10.1. The maximum Gasteiger partial charge on any atom is 0.254 e. The van der Waals surface area contributed by atoms with Gasteiger partial charge in [0.05, 0.1) is 4.90 Å². The van der Waals surface area contributed by atoms with Crippen LogP contribution in [0.25, 0.3) is 0 Å². The molecule has 2 fully saturated rings. The second-order valence-electron chi connectivity index (χ2n) is 6.54. The van der Waals surface area contributed by atoms with Crippen LogP contribution in [0.2, 0.25) is 0 Å². The van der Waals surface area contributed by atoms with E-state index in [9.17, 15) is 13.2 Å². The number of rotatable bonds is 3. The fourth-order valence-corrected chi connectivity index (χ4v) is 4.92. The highest BCUT2D eigenvalue weighted by molar-refractivity contribution is 7.89. The lowest BCUT2D eigenvalue weighted by Crippen LogP contribution is -2.52. The number of hydrogen-bond acceptors (Lipinski definition) is 4. The predicted octanol–water partition coefficient (Wildman–Crippen LogP) is 1.30. The smallest absolute Gasteiger partial charge is 0.254 e. The van der Waals surface area contributed by atoms with Crippen LogP contribution < -0.4 is 5.32 Å². The van der Waals surface area contributed by atoms with Crippen molar-refractivity contribution in [1.82, 2.24) is 14.5 Å². The second-order valence-corrected chi connectivity index (χ2v) is 8.48. The third kappa shape index (κ3) is 3.48. The van der Waals surface area contributed by atoms with Gasteiger partial charge in [-0.1, -0.05) is 12.5 Å². The molecule has 0 bridgehead atoms. The molecule has 1 N–H and O–H groups in total. The van der Waals surface area contributed by atoms with Gasteiger partial charge in [-0.3, -0.25) is 4.79 Å². The van der Waals surface area contributed by atoms with E-state index in [0.29, 0.717) is 25.2 Å². The van der Waals surface area contributed by atoms with Crippen molar-refractivity contribution in [3.05, 3.63) is 29.8 Å². The van der Waals surface area contributed by atoms with Crippen molar-refractivity contribution in [2.75, 3.05) is 32.7 Å². The Labute approximate surface area is 143 Å². The molecule has 24 heavy (non-hydrogen) atoms. The largest absolute Gasteiger partial charge is 0.333 e. The van der Waals surface area contributed by atoms with Crippen molar-refractivity contribution in [2.24, 2.45) is 0 Å². The molecular weight excluding hydrogens is 326 g/mol. The highest BCUT2D eigenvalue weighted by atomic mass is 32.2. The van der Waals surface area contributed by atoms with Gasteiger partial charge in [-0.15, -0.1) is 0 Å². The summed E-state index contributed by atoms with van der Waals surface area (Å²) < 4.78 is 27.1. The van der Waals surface area contributed by atoms with Gasteiger partial charge in [0.2, 0.25) is 10.0 Å². The van der Waals surface area contributed by atoms with Crippen LogP contribution in [-0.2, 0) is 10.0 Å². The van der Waals surface area contributed by atoms with E-state index in [1.807, 2.05) is 11.8 Å². The summed E-state index contributed by atoms with van der Waals surface area (Å²) in [5, 5.41) is 3.25. The monoisotopic (exact) mass is 351 g/mol. The minimum Gasteiger partial charge on any atom is -0.333 e. The molecule has 7 heteroatoms. The highest BCUT2D eigenvalue weighted by Gasteiger charge is 2.28. The van der Waals surface area contributed by atoms with E-state index >= 15 is 0 Å². The zero-order chi connectivity index (χ0) is 17.2. The SMILES string of the molecule is CC1CNCCN1C(=O)c1cccc(S(=O)(=O)N2CCCCC2)c1. The third-order valence-electron chi connectivity index (χ3n) is 4.80. The van der Waals surface area contributed by atoms with E-state index < -0.39 is 10.0 Å². The van der Waals surface area contributed by atoms with Crippen LogP contribution in [0.15, 0.2) is 29.2 Å². The van der Waals surface area contributed by atoms with Gasteiger partial charge in [0.25, 0.3) is 5.91 Å². The van der Waals surface area contributed by atoms with E-state index in [4.69, 9.17) is 0 Å². The maximum atomic E-state index is 12.8. The van der Waals surface area contributed by atoms with Crippen LogP contribution >= 0.6 is 0 Å². The van der Waals surface area contributed by atoms with Gasteiger partial charge in [0, 0.05) is 44.3 Å². The quantitative estimate of drug-likeness (QED) is 0.891. The molecule has 1 amide bonds. The first kappa shape index (κ1) is 17.4. The Bertz CT molecular complexity index is 699. The van der Waals surface area contributed by atoms with Crippen LogP contribution in [0.1, 0.15) is 36.5 Å². The Hall–Kier alpha value is -1.44. The lowest BCUT2D eigenvalue weighted by molar-refractivity contribution is 0.0655. The Kier molecular flexibility index (Phi) is 5.22. The van der Waals surface area contributed by atoms with Crippen LogP contribution in [-0.4, -0.2) is 62.3 Å². The third-order valence-corrected chi connectivity index (χ3v) is 6.69. The van der Waals surface area contributed by atoms with Crippen LogP contribution in [0, 0.1) is 0 Å². The average Bonchev–Trinajstić information content (AvgIpc) is 2.62. The average molecular weight is 351 g/mol. The van der Waals surface area contributed by atoms with Crippen molar-refractivity contribution >= 4 is 15.9 Å². The van der Waals surface area contributed by atoms with E-state index in [0.717, 1.165) is 32.4 Å². The summed E-state index contributed by atoms with van der Waals surface area (Å²) >= 11 is 0. The minimum absolute atomic E-state index is 0.0975. The summed E-state index contributed by atoms with van der Waals surface area (Å²) in [6, 6.07) is 6.58. The number of piperazine rings is 1. The predicted molar refractivity (Wildman–Crippen MR) is 92.4 cm³/mol. The molecule has 2 saturated heterocycles. The zero-order valence-corrected chi connectivity index (χ0v) is 14.9. The number of sulfonamides is 1. The zero-order valence-electron chi connectivity index (χ0n) is 14.1. The second kappa shape index (κ2) is 7.21. The Morgan fingerprint density at radius 1 is 1.17 bits per heavy atom. The van der Waals surface area contributed by atoms with Gasteiger partial charge in [-0.25, -0.2) is 8.42 Å². The standard InChI is InChI=1S/C17H25N3O3S/c1-14-13-18-8-11-20(14)17(21)15-6-5-7-16(12-15)24(22,23)19-9-3-2-4-10-19/h5-7,12,14,18H,2-4,8-11,13H2,1H3. The van der Waals surface area contributed by atoms with Crippen molar-refractivity contribution < 1.29 is 13.2 Å². The van der Waals surface area contributed by atoms with Crippen molar-refractivity contribution in [3.63, 3.8) is 0 Å². The Morgan fingerprint density at radius 3 is 2.62 bits per heavy atom. The molecular formula is C17H25N3O3S. The van der Waals surface area contributed by atoms with Gasteiger partial charge in [0.15, 0.2) is 0 Å². The number of nitrogens with zero attached hydrogens (tertiary/aromatic N) is 2. The normalized spacial score (nSPS) is 23.2. The molecule has 1 aromatic carbocycles. The molecule has 2 aliphatic rings. The van der Waals surface area contributed by atoms with Gasteiger partial charge in [0.1, 0.15) is 0 Å². The molecule has 1 unspecified atom stereocenters. The first-order valence-corrected chi connectivity index (χ1v) is 10.1. The van der Waals surface area contributed by atoms with Crippen LogP contribution in [0.3, 0.4) is 0 Å². The highest BCUT2D eigenvalue weighted by Crippen LogP contribution is 2.22. The summed E-state index contributed by atoms with van der Waals surface area (Å²) in [6.45, 7) is 5.30. The fourth-order valence-electron chi connectivity index (χ4n) is 3.35. The van der Waals surface area contributed by atoms with Crippen molar-refractivity contribution in [2.45, 2.75) is 37.1 Å². The number of nitrogens with one attached hydrogen (secondary N) is 1. The molecule has 0 saturated carbocycles. The molecule has 132 valence electrons. The summed E-state index contributed by atoms with van der Waals surface area (Å²) in [4.78, 5) is 14.8. The van der Waals surface area contributed by atoms with Gasteiger partial charge in [-0.2, -0.15) is 4.31 Å². The number of carbonyl (C=O) groups is 1. The fraction of sp³-hybridized carbons (Fsp3) is 0.588. The Balaban J connectivity index is 1.84. The van der Waals surface area contributed by atoms with Crippen LogP contribution in [0.5, 0.6) is 0 Å². The number of hydrogen-bond donors (Lipinski definition) is 1. The van der Waals surface area contributed by atoms with E-state index in [1.54, 1.807) is 18.2 Å². The molecule has 0 aromatic heterocycles. The molecule has 2 aliphatic heterocycles. The molecule has 0 aliphatic carbocycles. The van der Waals surface area contributed by atoms with E-state index in [1.165, 1.54) is 10.4 Å². The maximum absolute atomic E-state index is 12.8. The lowest BCUT2D eigenvalue weighted by Gasteiger charge is -2.34. The summed E-state index contributed by atoms with van der Waals surface area (Å²) in [7, 11) is -3.51.